The fraction of sp³-hybridized carbons (Fsp3) is 0.240. The predicted octanol–water partition coefficient (Wildman–Crippen LogP) is 1.60. The molecular formula is C25H22N6O5. The summed E-state index contributed by atoms with van der Waals surface area (Å²) in [5, 5.41) is 6.25. The maximum absolute atomic E-state index is 13.0. The lowest BCUT2D eigenvalue weighted by molar-refractivity contribution is -0.150. The number of hydrogen-bond donors (Lipinski definition) is 1. The summed E-state index contributed by atoms with van der Waals surface area (Å²) in [6, 6.07) is 8.68. The highest BCUT2D eigenvalue weighted by atomic mass is 16.5. The van der Waals surface area contributed by atoms with Crippen LogP contribution in [0.15, 0.2) is 59.0 Å². The largest absolute Gasteiger partial charge is 0.361 e. The second-order valence-corrected chi connectivity index (χ2v) is 8.64. The molecule has 0 bridgehead atoms. The standard InChI is InChI=1S/C25H22N6O5/c1-14-3-4-16(11-17(14)15-7-9-26-10-8-15)23-28-21(36-29-23)13-30(2)19-12-22(33)31(25(19)35)18-5-6-20(32)27-24(18)34/h3-4,7-12,18H,5-6,13H2,1-2H3,(H,27,32,34). The van der Waals surface area contributed by atoms with E-state index in [1.54, 1.807) is 19.4 Å². The van der Waals surface area contributed by atoms with Crippen LogP contribution in [0, 0.1) is 6.92 Å². The van der Waals surface area contributed by atoms with Gasteiger partial charge in [-0.05, 0) is 48.2 Å². The number of rotatable bonds is 6. The quantitative estimate of drug-likeness (QED) is 0.515. The Morgan fingerprint density at radius 2 is 1.89 bits per heavy atom. The Morgan fingerprint density at radius 3 is 2.64 bits per heavy atom. The molecule has 2 aromatic heterocycles. The van der Waals surface area contributed by atoms with Crippen molar-refractivity contribution in [2.75, 3.05) is 7.05 Å². The van der Waals surface area contributed by atoms with E-state index in [-0.39, 0.29) is 31.0 Å². The number of pyridine rings is 1. The van der Waals surface area contributed by atoms with Gasteiger partial charge in [0.05, 0.1) is 6.54 Å². The normalized spacial score (nSPS) is 17.9. The Kier molecular flexibility index (Phi) is 5.88. The fourth-order valence-corrected chi connectivity index (χ4v) is 4.30. The van der Waals surface area contributed by atoms with Crippen LogP contribution < -0.4 is 5.32 Å². The number of benzene rings is 1. The molecule has 0 radical (unpaired) electrons. The number of hydrogen-bond acceptors (Lipinski definition) is 9. The third kappa shape index (κ3) is 4.26. The lowest BCUT2D eigenvalue weighted by atomic mass is 9.99. The number of imide groups is 2. The van der Waals surface area contributed by atoms with Crippen LogP contribution in [0.3, 0.4) is 0 Å². The number of likely N-dealkylation sites (N-methyl/N-ethyl adjacent to an activating group) is 1. The van der Waals surface area contributed by atoms with E-state index >= 15 is 0 Å². The Balaban J connectivity index is 1.31. The molecule has 1 N–H and O–H groups in total. The minimum atomic E-state index is -1.02. The van der Waals surface area contributed by atoms with Crippen LogP contribution in [-0.2, 0) is 25.7 Å². The van der Waals surface area contributed by atoms with E-state index in [1.165, 1.54) is 11.0 Å². The van der Waals surface area contributed by atoms with E-state index in [0.717, 1.165) is 27.2 Å². The van der Waals surface area contributed by atoms with E-state index in [4.69, 9.17) is 4.52 Å². The molecule has 182 valence electrons. The first-order valence-corrected chi connectivity index (χ1v) is 11.3. The number of amides is 4. The van der Waals surface area contributed by atoms with Gasteiger partial charge in [-0.2, -0.15) is 4.98 Å². The third-order valence-electron chi connectivity index (χ3n) is 6.20. The Morgan fingerprint density at radius 1 is 1.11 bits per heavy atom. The maximum Gasteiger partial charge on any atom is 0.277 e. The molecule has 1 atom stereocenters. The molecule has 3 aromatic rings. The Hall–Kier alpha value is -4.67. The minimum Gasteiger partial charge on any atom is -0.361 e. The first-order valence-electron chi connectivity index (χ1n) is 11.3. The first kappa shape index (κ1) is 23.1. The van der Waals surface area contributed by atoms with Gasteiger partial charge in [-0.25, -0.2) is 0 Å². The number of carbonyl (C=O) groups excluding carboxylic acids is 4. The zero-order valence-electron chi connectivity index (χ0n) is 19.6. The molecule has 1 aromatic carbocycles. The van der Waals surface area contributed by atoms with Crippen molar-refractivity contribution in [3.63, 3.8) is 0 Å². The van der Waals surface area contributed by atoms with Crippen LogP contribution in [0.2, 0.25) is 0 Å². The molecule has 1 saturated heterocycles. The molecule has 2 aliphatic heterocycles. The van der Waals surface area contributed by atoms with Crippen molar-refractivity contribution in [1.82, 2.24) is 30.2 Å². The lowest BCUT2D eigenvalue weighted by Gasteiger charge is -2.29. The molecule has 2 aliphatic rings. The summed E-state index contributed by atoms with van der Waals surface area (Å²) in [5.41, 5.74) is 3.99. The van der Waals surface area contributed by atoms with Crippen LogP contribution in [0.5, 0.6) is 0 Å². The van der Waals surface area contributed by atoms with Gasteiger partial charge >= 0.3 is 0 Å². The molecular weight excluding hydrogens is 464 g/mol. The molecule has 0 saturated carbocycles. The highest BCUT2D eigenvalue weighted by Crippen LogP contribution is 2.28. The molecule has 4 amide bonds. The summed E-state index contributed by atoms with van der Waals surface area (Å²) in [4.78, 5) is 60.0. The highest BCUT2D eigenvalue weighted by molar-refractivity contribution is 6.18. The fourth-order valence-electron chi connectivity index (χ4n) is 4.30. The summed E-state index contributed by atoms with van der Waals surface area (Å²) in [6.45, 7) is 2.09. The second kappa shape index (κ2) is 9.17. The second-order valence-electron chi connectivity index (χ2n) is 8.64. The SMILES string of the molecule is Cc1ccc(-c2noc(CN(C)C3=CC(=O)N(C4CCC(=O)NC4=O)C3=O)n2)cc1-c1ccncc1. The van der Waals surface area contributed by atoms with Gasteiger partial charge < -0.3 is 9.42 Å². The van der Waals surface area contributed by atoms with E-state index in [9.17, 15) is 19.2 Å². The molecule has 4 heterocycles. The van der Waals surface area contributed by atoms with Crippen molar-refractivity contribution in [3.8, 4) is 22.5 Å². The molecule has 1 unspecified atom stereocenters. The molecule has 0 aliphatic carbocycles. The van der Waals surface area contributed by atoms with Crippen LogP contribution >= 0.6 is 0 Å². The Bertz CT molecular complexity index is 1410. The zero-order valence-corrected chi connectivity index (χ0v) is 19.6. The van der Waals surface area contributed by atoms with Crippen molar-refractivity contribution in [2.45, 2.75) is 32.4 Å². The number of aromatic nitrogens is 3. The van der Waals surface area contributed by atoms with Crippen molar-refractivity contribution < 1.29 is 23.7 Å². The molecule has 11 nitrogen and oxygen atoms in total. The molecule has 36 heavy (non-hydrogen) atoms. The maximum atomic E-state index is 13.0. The van der Waals surface area contributed by atoms with Gasteiger partial charge in [0.25, 0.3) is 11.8 Å². The van der Waals surface area contributed by atoms with Crippen molar-refractivity contribution in [3.05, 3.63) is 66.0 Å². The summed E-state index contributed by atoms with van der Waals surface area (Å²) >= 11 is 0. The van der Waals surface area contributed by atoms with Gasteiger partial charge in [0, 0.05) is 37.5 Å². The molecule has 0 spiro atoms. The summed E-state index contributed by atoms with van der Waals surface area (Å²) < 4.78 is 5.41. The summed E-state index contributed by atoms with van der Waals surface area (Å²) in [7, 11) is 1.61. The number of nitrogens with zero attached hydrogens (tertiary/aromatic N) is 5. The van der Waals surface area contributed by atoms with Gasteiger partial charge in [-0.15, -0.1) is 0 Å². The smallest absolute Gasteiger partial charge is 0.277 e. The highest BCUT2D eigenvalue weighted by Gasteiger charge is 2.43. The van der Waals surface area contributed by atoms with Crippen LogP contribution in [0.1, 0.15) is 24.3 Å². The van der Waals surface area contributed by atoms with Gasteiger partial charge in [-0.1, -0.05) is 17.3 Å². The molecule has 5 rings (SSSR count). The van der Waals surface area contributed by atoms with E-state index < -0.39 is 29.7 Å². The topological polar surface area (TPSA) is 139 Å². The molecule has 11 heteroatoms. The average molecular weight is 486 g/mol. The first-order chi connectivity index (χ1) is 17.3. The summed E-state index contributed by atoms with van der Waals surface area (Å²) in [5.74, 6) is -1.66. The van der Waals surface area contributed by atoms with Crippen LogP contribution in [0.4, 0.5) is 0 Å². The van der Waals surface area contributed by atoms with Crippen LogP contribution in [0.25, 0.3) is 22.5 Å². The van der Waals surface area contributed by atoms with Crippen LogP contribution in [-0.4, -0.2) is 61.6 Å². The zero-order chi connectivity index (χ0) is 25.4. The Labute approximate surface area is 205 Å². The molecule has 1 fully saturated rings. The van der Waals surface area contributed by atoms with Crippen molar-refractivity contribution in [2.24, 2.45) is 0 Å². The van der Waals surface area contributed by atoms with Crippen molar-refractivity contribution in [1.29, 1.82) is 0 Å². The summed E-state index contributed by atoms with van der Waals surface area (Å²) in [6.07, 6.45) is 4.79. The number of carbonyl (C=O) groups is 4. The number of aryl methyl sites for hydroxylation is 1. The van der Waals surface area contributed by atoms with E-state index in [0.29, 0.717) is 5.82 Å². The number of piperidine rings is 1. The van der Waals surface area contributed by atoms with Gasteiger partial charge in [0.2, 0.25) is 23.5 Å². The third-order valence-corrected chi connectivity index (χ3v) is 6.20. The van der Waals surface area contributed by atoms with E-state index in [2.05, 4.69) is 20.4 Å². The number of nitrogens with one attached hydrogen (secondary N) is 1. The van der Waals surface area contributed by atoms with E-state index in [1.807, 2.05) is 37.3 Å². The lowest BCUT2D eigenvalue weighted by Crippen LogP contribution is -2.54. The van der Waals surface area contributed by atoms with Gasteiger partial charge in [-0.3, -0.25) is 34.4 Å². The van der Waals surface area contributed by atoms with Crippen molar-refractivity contribution >= 4 is 23.6 Å². The predicted molar refractivity (Wildman–Crippen MR) is 125 cm³/mol. The minimum absolute atomic E-state index is 0.0608. The van der Waals surface area contributed by atoms with Gasteiger partial charge in [0.15, 0.2) is 0 Å². The average Bonchev–Trinajstić information content (AvgIpc) is 3.44. The van der Waals surface area contributed by atoms with Gasteiger partial charge in [0.1, 0.15) is 11.7 Å². The monoisotopic (exact) mass is 486 g/mol.